The monoisotopic (exact) mass is 383 g/mol. The molecule has 2 rings (SSSR count). The van der Waals surface area contributed by atoms with Crippen LogP contribution in [0.25, 0.3) is 0 Å². The van der Waals surface area contributed by atoms with Crippen molar-refractivity contribution in [1.82, 2.24) is 5.32 Å². The number of halogens is 3. The van der Waals surface area contributed by atoms with Crippen LogP contribution in [-0.2, 0) is 11.2 Å². The molecule has 0 radical (unpaired) electrons. The van der Waals surface area contributed by atoms with Crippen molar-refractivity contribution < 1.29 is 23.5 Å². The normalized spacial score (nSPS) is 11.8. The fraction of sp³-hybridized carbons (Fsp3) is 0.125. The number of carboxylic acids is 1. The van der Waals surface area contributed by atoms with Crippen LogP contribution in [-0.4, -0.2) is 23.0 Å². The van der Waals surface area contributed by atoms with Crippen LogP contribution in [0, 0.1) is 11.6 Å². The van der Waals surface area contributed by atoms with Crippen molar-refractivity contribution in [3.63, 3.8) is 0 Å². The average molecular weight is 384 g/mol. The molecular weight excluding hydrogens is 372 g/mol. The number of carbonyl (C=O) groups excluding carboxylic acids is 1. The van der Waals surface area contributed by atoms with E-state index in [2.05, 4.69) is 21.2 Å². The van der Waals surface area contributed by atoms with Gasteiger partial charge < -0.3 is 10.4 Å². The molecule has 0 saturated heterocycles. The van der Waals surface area contributed by atoms with Gasteiger partial charge in [-0.05, 0) is 29.8 Å². The fourth-order valence-electron chi connectivity index (χ4n) is 1.97. The van der Waals surface area contributed by atoms with E-state index >= 15 is 0 Å². The van der Waals surface area contributed by atoms with Crippen molar-refractivity contribution >= 4 is 27.8 Å². The number of carbonyl (C=O) groups is 2. The molecule has 0 saturated carbocycles. The number of benzene rings is 2. The summed E-state index contributed by atoms with van der Waals surface area (Å²) in [5.74, 6) is -4.02. The Hall–Kier alpha value is -2.28. The Bertz CT molecular complexity index is 735. The second-order valence-electron chi connectivity index (χ2n) is 4.82. The number of hydrogen-bond donors (Lipinski definition) is 2. The van der Waals surface area contributed by atoms with E-state index in [9.17, 15) is 23.5 Å². The van der Waals surface area contributed by atoms with E-state index in [4.69, 9.17) is 0 Å². The standard InChI is InChI=1S/C16H12BrF2NO3/c17-10-3-1-9(2-4-10)7-14(16(22)23)20-15(21)12-6-5-11(18)8-13(12)19/h1-6,8,14H,7H2,(H,20,21)(H,22,23)/t14-/m1/s1. The zero-order valence-corrected chi connectivity index (χ0v) is 13.3. The molecule has 1 amide bonds. The summed E-state index contributed by atoms with van der Waals surface area (Å²) in [5, 5.41) is 11.5. The number of hydrogen-bond acceptors (Lipinski definition) is 2. The van der Waals surface area contributed by atoms with Gasteiger partial charge in [-0.25, -0.2) is 13.6 Å². The Kier molecular flexibility index (Phi) is 5.44. The summed E-state index contributed by atoms with van der Waals surface area (Å²) in [6.45, 7) is 0. The van der Waals surface area contributed by atoms with Gasteiger partial charge in [0.05, 0.1) is 5.56 Å². The maximum Gasteiger partial charge on any atom is 0.326 e. The molecule has 0 aliphatic rings. The molecule has 0 aliphatic heterocycles. The quantitative estimate of drug-likeness (QED) is 0.833. The highest BCUT2D eigenvalue weighted by Crippen LogP contribution is 2.13. The first kappa shape index (κ1) is 17.1. The molecule has 2 aromatic carbocycles. The van der Waals surface area contributed by atoms with Gasteiger partial charge in [-0.3, -0.25) is 4.79 Å². The number of rotatable bonds is 5. The Morgan fingerprint density at radius 2 is 1.78 bits per heavy atom. The van der Waals surface area contributed by atoms with Crippen LogP contribution < -0.4 is 5.32 Å². The van der Waals surface area contributed by atoms with Crippen molar-refractivity contribution in [2.24, 2.45) is 0 Å². The molecule has 2 N–H and O–H groups in total. The van der Waals surface area contributed by atoms with E-state index in [1.807, 2.05) is 0 Å². The molecule has 7 heteroatoms. The lowest BCUT2D eigenvalue weighted by molar-refractivity contribution is -0.139. The molecule has 23 heavy (non-hydrogen) atoms. The second-order valence-corrected chi connectivity index (χ2v) is 5.73. The highest BCUT2D eigenvalue weighted by molar-refractivity contribution is 9.10. The van der Waals surface area contributed by atoms with Crippen LogP contribution in [0.15, 0.2) is 46.9 Å². The third kappa shape index (κ3) is 4.59. The Balaban J connectivity index is 2.14. The van der Waals surface area contributed by atoms with Crippen LogP contribution in [0.1, 0.15) is 15.9 Å². The minimum Gasteiger partial charge on any atom is -0.480 e. The number of carboxylic acid groups (broad SMARTS) is 1. The van der Waals surface area contributed by atoms with Crippen LogP contribution in [0.3, 0.4) is 0 Å². The Morgan fingerprint density at radius 1 is 1.13 bits per heavy atom. The first-order valence-electron chi connectivity index (χ1n) is 6.60. The highest BCUT2D eigenvalue weighted by Gasteiger charge is 2.22. The molecular formula is C16H12BrF2NO3. The summed E-state index contributed by atoms with van der Waals surface area (Å²) in [6, 6.07) is 8.16. The van der Waals surface area contributed by atoms with Crippen molar-refractivity contribution in [3.8, 4) is 0 Å². The predicted octanol–water partition coefficient (Wildman–Crippen LogP) is 3.15. The summed E-state index contributed by atoms with van der Waals surface area (Å²) < 4.78 is 27.3. The van der Waals surface area contributed by atoms with Crippen molar-refractivity contribution in [1.29, 1.82) is 0 Å². The van der Waals surface area contributed by atoms with Crippen LogP contribution in [0.4, 0.5) is 8.78 Å². The largest absolute Gasteiger partial charge is 0.480 e. The van der Waals surface area contributed by atoms with Gasteiger partial charge in [-0.1, -0.05) is 28.1 Å². The lowest BCUT2D eigenvalue weighted by Crippen LogP contribution is -2.42. The molecule has 0 unspecified atom stereocenters. The number of amides is 1. The van der Waals surface area contributed by atoms with Gasteiger partial charge in [-0.15, -0.1) is 0 Å². The Labute approximate surface area is 139 Å². The average Bonchev–Trinajstić information content (AvgIpc) is 2.48. The third-order valence-corrected chi connectivity index (χ3v) is 3.66. The van der Waals surface area contributed by atoms with Gasteiger partial charge in [-0.2, -0.15) is 0 Å². The molecule has 2 aromatic rings. The SMILES string of the molecule is O=C(N[C@H](Cc1ccc(Br)cc1)C(=O)O)c1ccc(F)cc1F. The van der Waals surface area contributed by atoms with E-state index in [0.29, 0.717) is 11.6 Å². The lowest BCUT2D eigenvalue weighted by Gasteiger charge is -2.15. The summed E-state index contributed by atoms with van der Waals surface area (Å²) in [6.07, 6.45) is 0.0389. The number of nitrogens with one attached hydrogen (secondary N) is 1. The molecule has 120 valence electrons. The van der Waals surface area contributed by atoms with Gasteiger partial charge in [0.1, 0.15) is 17.7 Å². The first-order valence-corrected chi connectivity index (χ1v) is 7.39. The summed E-state index contributed by atoms with van der Waals surface area (Å²) in [4.78, 5) is 23.3. The number of aliphatic carboxylic acids is 1. The topological polar surface area (TPSA) is 66.4 Å². The van der Waals surface area contributed by atoms with Crippen molar-refractivity contribution in [2.75, 3.05) is 0 Å². The minimum atomic E-state index is -1.25. The highest BCUT2D eigenvalue weighted by atomic mass is 79.9. The molecule has 4 nitrogen and oxygen atoms in total. The van der Waals surface area contributed by atoms with E-state index in [-0.39, 0.29) is 6.42 Å². The van der Waals surface area contributed by atoms with Crippen LogP contribution in [0.5, 0.6) is 0 Å². The van der Waals surface area contributed by atoms with Gasteiger partial charge in [0.15, 0.2) is 0 Å². The summed E-state index contributed by atoms with van der Waals surface area (Å²) >= 11 is 3.27. The van der Waals surface area contributed by atoms with Crippen molar-refractivity contribution in [2.45, 2.75) is 12.5 Å². The fourth-order valence-corrected chi connectivity index (χ4v) is 2.23. The van der Waals surface area contributed by atoms with E-state index in [0.717, 1.165) is 16.6 Å². The predicted molar refractivity (Wildman–Crippen MR) is 83.1 cm³/mol. The minimum absolute atomic E-state index is 0.0389. The molecule has 0 spiro atoms. The molecule has 0 fully saturated rings. The molecule has 0 bridgehead atoms. The van der Waals surface area contributed by atoms with Gasteiger partial charge in [0.2, 0.25) is 0 Å². The van der Waals surface area contributed by atoms with Gasteiger partial charge in [0, 0.05) is 17.0 Å². The zero-order valence-electron chi connectivity index (χ0n) is 11.7. The van der Waals surface area contributed by atoms with E-state index in [1.165, 1.54) is 0 Å². The maximum absolute atomic E-state index is 13.6. The molecule has 0 heterocycles. The third-order valence-electron chi connectivity index (χ3n) is 3.13. The van der Waals surface area contributed by atoms with Crippen LogP contribution in [0.2, 0.25) is 0 Å². The first-order chi connectivity index (χ1) is 10.9. The molecule has 0 aliphatic carbocycles. The van der Waals surface area contributed by atoms with Crippen LogP contribution >= 0.6 is 15.9 Å². The Morgan fingerprint density at radius 3 is 2.35 bits per heavy atom. The second kappa shape index (κ2) is 7.32. The smallest absolute Gasteiger partial charge is 0.326 e. The molecule has 1 atom stereocenters. The van der Waals surface area contributed by atoms with Gasteiger partial charge in [0.25, 0.3) is 5.91 Å². The zero-order chi connectivity index (χ0) is 17.0. The van der Waals surface area contributed by atoms with E-state index < -0.39 is 35.1 Å². The summed E-state index contributed by atoms with van der Waals surface area (Å²) in [5.41, 5.74) is 0.286. The molecule has 0 aromatic heterocycles. The van der Waals surface area contributed by atoms with Gasteiger partial charge >= 0.3 is 5.97 Å². The summed E-state index contributed by atoms with van der Waals surface area (Å²) in [7, 11) is 0. The van der Waals surface area contributed by atoms with E-state index in [1.54, 1.807) is 24.3 Å². The lowest BCUT2D eigenvalue weighted by atomic mass is 10.1. The van der Waals surface area contributed by atoms with Crippen molar-refractivity contribution in [3.05, 3.63) is 69.7 Å². The maximum atomic E-state index is 13.6.